The molecule has 0 N–H and O–H groups in total. The quantitative estimate of drug-likeness (QED) is 0.634. The van der Waals surface area contributed by atoms with E-state index in [1.165, 1.54) is 13.8 Å². The van der Waals surface area contributed by atoms with Crippen molar-refractivity contribution in [2.45, 2.75) is 27.7 Å². The van der Waals surface area contributed by atoms with Crippen LogP contribution in [0.3, 0.4) is 0 Å². The first-order valence-corrected chi connectivity index (χ1v) is 4.49. The molecule has 0 amide bonds. The average molecular weight is 200 g/mol. The summed E-state index contributed by atoms with van der Waals surface area (Å²) in [6.07, 6.45) is 0. The number of hydrogen-bond donors (Lipinski definition) is 0. The van der Waals surface area contributed by atoms with Gasteiger partial charge in [-0.2, -0.15) is 0 Å². The molecule has 0 atom stereocenters. The van der Waals surface area contributed by atoms with E-state index < -0.39 is 11.6 Å². The van der Waals surface area contributed by atoms with E-state index in [1.54, 1.807) is 0 Å². The maximum atomic E-state index is 12.8. The number of rotatable bonds is 1. The molecule has 1 rings (SSSR count). The normalized spacial score (nSPS) is 9.00. The zero-order valence-corrected chi connectivity index (χ0v) is 8.82. The average Bonchev–Trinajstić information content (AvgIpc) is 2.16. The summed E-state index contributed by atoms with van der Waals surface area (Å²) >= 11 is 0. The molecule has 0 aliphatic heterocycles. The molecular weight excluding hydrogens is 186 g/mol. The van der Waals surface area contributed by atoms with Crippen LogP contribution in [0.15, 0.2) is 12.1 Å². The van der Waals surface area contributed by atoms with Gasteiger partial charge in [-0.05, 0) is 26.0 Å². The van der Waals surface area contributed by atoms with Crippen molar-refractivity contribution in [3.63, 3.8) is 0 Å². The van der Waals surface area contributed by atoms with E-state index in [2.05, 4.69) is 0 Å². The Morgan fingerprint density at radius 2 is 1.50 bits per heavy atom. The predicted molar refractivity (Wildman–Crippen MR) is 52.4 cm³/mol. The van der Waals surface area contributed by atoms with Gasteiger partial charge >= 0.3 is 0 Å². The van der Waals surface area contributed by atoms with Gasteiger partial charge in [0.15, 0.2) is 5.78 Å². The molecule has 0 unspecified atom stereocenters. The van der Waals surface area contributed by atoms with Crippen LogP contribution < -0.4 is 0 Å². The van der Waals surface area contributed by atoms with Crippen molar-refractivity contribution in [3.05, 3.63) is 34.9 Å². The summed E-state index contributed by atoms with van der Waals surface area (Å²) in [5, 5.41) is 0. The molecule has 0 bridgehead atoms. The molecule has 0 fully saturated rings. The maximum Gasteiger partial charge on any atom is 0.160 e. The zero-order valence-electron chi connectivity index (χ0n) is 8.82. The smallest absolute Gasteiger partial charge is 0.160 e. The number of carbonyl (C=O) groups is 1. The van der Waals surface area contributed by atoms with Gasteiger partial charge in [-0.1, -0.05) is 13.8 Å². The highest BCUT2D eigenvalue weighted by Gasteiger charge is 2.08. The van der Waals surface area contributed by atoms with E-state index in [4.69, 9.17) is 0 Å². The Bertz CT molecular complexity index is 309. The van der Waals surface area contributed by atoms with Crippen LogP contribution in [-0.2, 0) is 0 Å². The monoisotopic (exact) mass is 200 g/mol. The Kier molecular flexibility index (Phi) is 4.99. The fourth-order valence-corrected chi connectivity index (χ4v) is 0.849. The molecule has 1 aromatic carbocycles. The van der Waals surface area contributed by atoms with Crippen LogP contribution in [0, 0.1) is 18.6 Å². The molecule has 0 aliphatic carbocycles. The first-order valence-electron chi connectivity index (χ1n) is 4.49. The van der Waals surface area contributed by atoms with E-state index in [-0.39, 0.29) is 16.9 Å². The lowest BCUT2D eigenvalue weighted by molar-refractivity contribution is 0.101. The number of halogens is 2. The lowest BCUT2D eigenvalue weighted by Crippen LogP contribution is -1.97. The lowest BCUT2D eigenvalue weighted by Gasteiger charge is -2.00. The fourth-order valence-electron chi connectivity index (χ4n) is 0.849. The molecule has 14 heavy (non-hydrogen) atoms. The van der Waals surface area contributed by atoms with Gasteiger partial charge in [0, 0.05) is 11.1 Å². The van der Waals surface area contributed by atoms with Crippen molar-refractivity contribution in [3.8, 4) is 0 Å². The van der Waals surface area contributed by atoms with Gasteiger partial charge in [0.1, 0.15) is 11.6 Å². The SMILES string of the molecule is CC.CC(=O)c1cc(F)c(C)c(F)c1. The van der Waals surface area contributed by atoms with Crippen molar-refractivity contribution < 1.29 is 13.6 Å². The standard InChI is InChI=1S/C9H8F2O.C2H6/c1-5-8(10)3-7(6(2)12)4-9(5)11;1-2/h3-4H,1-2H3;1-2H3. The Morgan fingerprint density at radius 1 is 1.14 bits per heavy atom. The van der Waals surface area contributed by atoms with Gasteiger partial charge in [-0.25, -0.2) is 8.78 Å². The van der Waals surface area contributed by atoms with Crippen LogP contribution >= 0.6 is 0 Å². The summed E-state index contributed by atoms with van der Waals surface area (Å²) in [4.78, 5) is 10.7. The highest BCUT2D eigenvalue weighted by Crippen LogP contribution is 2.14. The van der Waals surface area contributed by atoms with Crippen LogP contribution in [0.5, 0.6) is 0 Å². The van der Waals surface area contributed by atoms with Crippen molar-refractivity contribution >= 4 is 5.78 Å². The van der Waals surface area contributed by atoms with E-state index in [0.717, 1.165) is 12.1 Å². The minimum absolute atomic E-state index is 0.0556. The molecule has 1 aromatic rings. The van der Waals surface area contributed by atoms with Crippen LogP contribution in [0.4, 0.5) is 8.78 Å². The summed E-state index contributed by atoms with van der Waals surface area (Å²) in [5.41, 5.74) is 0.00981. The minimum atomic E-state index is -0.680. The van der Waals surface area contributed by atoms with Crippen molar-refractivity contribution in [2.75, 3.05) is 0 Å². The third kappa shape index (κ3) is 2.91. The molecule has 1 nitrogen and oxygen atoms in total. The van der Waals surface area contributed by atoms with Crippen molar-refractivity contribution in [1.82, 2.24) is 0 Å². The number of carbonyl (C=O) groups excluding carboxylic acids is 1. The predicted octanol–water partition coefficient (Wildman–Crippen LogP) is 3.50. The molecule has 0 spiro atoms. The van der Waals surface area contributed by atoms with E-state index >= 15 is 0 Å². The number of ketones is 1. The molecule has 0 aromatic heterocycles. The molecule has 0 heterocycles. The summed E-state index contributed by atoms with van der Waals surface area (Å²) in [6, 6.07) is 2.08. The van der Waals surface area contributed by atoms with Gasteiger partial charge in [0.25, 0.3) is 0 Å². The minimum Gasteiger partial charge on any atom is -0.295 e. The number of hydrogen-bond acceptors (Lipinski definition) is 1. The summed E-state index contributed by atoms with van der Waals surface area (Å²) in [7, 11) is 0. The van der Waals surface area contributed by atoms with Crippen LogP contribution in [0.1, 0.15) is 36.7 Å². The van der Waals surface area contributed by atoms with Crippen molar-refractivity contribution in [1.29, 1.82) is 0 Å². The Labute approximate surface area is 82.8 Å². The summed E-state index contributed by atoms with van der Waals surface area (Å²) < 4.78 is 25.6. The van der Waals surface area contributed by atoms with E-state index in [0.29, 0.717) is 0 Å². The first-order chi connectivity index (χ1) is 6.52. The molecule has 0 saturated heterocycles. The summed E-state index contributed by atoms with van der Waals surface area (Å²) in [5.74, 6) is -1.70. The third-order valence-electron chi connectivity index (χ3n) is 1.69. The molecule has 78 valence electrons. The van der Waals surface area contributed by atoms with Gasteiger partial charge in [0.05, 0.1) is 0 Å². The molecular formula is C11H14F2O. The van der Waals surface area contributed by atoms with E-state index in [1.807, 2.05) is 13.8 Å². The van der Waals surface area contributed by atoms with Gasteiger partial charge in [-0.15, -0.1) is 0 Å². The second-order valence-electron chi connectivity index (χ2n) is 2.62. The zero-order chi connectivity index (χ0) is 11.3. The maximum absolute atomic E-state index is 12.8. The molecule has 0 saturated carbocycles. The van der Waals surface area contributed by atoms with Crippen LogP contribution in [0.25, 0.3) is 0 Å². The Morgan fingerprint density at radius 3 is 1.79 bits per heavy atom. The van der Waals surface area contributed by atoms with Crippen LogP contribution in [-0.4, -0.2) is 5.78 Å². The molecule has 0 aliphatic rings. The Balaban J connectivity index is 0.000000791. The highest BCUT2D eigenvalue weighted by molar-refractivity contribution is 5.94. The number of Topliss-reactive ketones (excluding diaryl/α,β-unsaturated/α-hetero) is 1. The lowest BCUT2D eigenvalue weighted by atomic mass is 10.1. The van der Waals surface area contributed by atoms with Gasteiger partial charge in [-0.3, -0.25) is 4.79 Å². The van der Waals surface area contributed by atoms with Crippen LogP contribution in [0.2, 0.25) is 0 Å². The second-order valence-corrected chi connectivity index (χ2v) is 2.62. The fraction of sp³-hybridized carbons (Fsp3) is 0.364. The third-order valence-corrected chi connectivity index (χ3v) is 1.69. The van der Waals surface area contributed by atoms with Gasteiger partial charge < -0.3 is 0 Å². The Hall–Kier alpha value is -1.25. The molecule has 0 radical (unpaired) electrons. The number of benzene rings is 1. The first kappa shape index (κ1) is 12.8. The van der Waals surface area contributed by atoms with Crippen molar-refractivity contribution in [2.24, 2.45) is 0 Å². The highest BCUT2D eigenvalue weighted by atomic mass is 19.1. The topological polar surface area (TPSA) is 17.1 Å². The van der Waals surface area contributed by atoms with E-state index in [9.17, 15) is 13.6 Å². The molecule has 3 heteroatoms. The van der Waals surface area contributed by atoms with Gasteiger partial charge in [0.2, 0.25) is 0 Å². The summed E-state index contributed by atoms with van der Waals surface area (Å²) in [6.45, 7) is 6.60. The largest absolute Gasteiger partial charge is 0.295 e. The second kappa shape index (κ2) is 5.47.